The summed E-state index contributed by atoms with van der Waals surface area (Å²) in [6.45, 7) is 7.21. The van der Waals surface area contributed by atoms with Gasteiger partial charge in [-0.15, -0.1) is 24.8 Å². The molecule has 0 spiro atoms. The van der Waals surface area contributed by atoms with E-state index < -0.39 is 0 Å². The lowest BCUT2D eigenvalue weighted by molar-refractivity contribution is -0.136. The molecule has 0 bridgehead atoms. The van der Waals surface area contributed by atoms with Crippen LogP contribution < -0.4 is 10.6 Å². The zero-order chi connectivity index (χ0) is 17.7. The summed E-state index contributed by atoms with van der Waals surface area (Å²) in [7, 11) is 1.69. The zero-order valence-corrected chi connectivity index (χ0v) is 18.0. The van der Waals surface area contributed by atoms with Gasteiger partial charge in [-0.2, -0.15) is 0 Å². The SMILES string of the molecule is COCC1(C(=O)NCC(C)N2CCc3ccccc3C2)CCNCC1.Cl.Cl. The Hall–Kier alpha value is -0.850. The largest absolute Gasteiger partial charge is 0.384 e. The van der Waals surface area contributed by atoms with Crippen molar-refractivity contribution in [3.63, 3.8) is 0 Å². The number of rotatable bonds is 6. The zero-order valence-electron chi connectivity index (χ0n) is 16.3. The molecule has 0 aromatic heterocycles. The summed E-state index contributed by atoms with van der Waals surface area (Å²) in [4.78, 5) is 15.3. The van der Waals surface area contributed by atoms with E-state index in [0.29, 0.717) is 19.2 Å². The third-order valence-corrected chi connectivity index (χ3v) is 5.80. The average Bonchev–Trinajstić information content (AvgIpc) is 2.66. The van der Waals surface area contributed by atoms with Crippen molar-refractivity contribution in [2.24, 2.45) is 5.41 Å². The summed E-state index contributed by atoms with van der Waals surface area (Å²) in [5.74, 6) is 0.153. The summed E-state index contributed by atoms with van der Waals surface area (Å²) >= 11 is 0. The normalized spacial score (nSPS) is 19.8. The van der Waals surface area contributed by atoms with Crippen LogP contribution in [-0.4, -0.2) is 56.7 Å². The number of piperidine rings is 1. The van der Waals surface area contributed by atoms with E-state index in [-0.39, 0.29) is 36.1 Å². The van der Waals surface area contributed by atoms with Crippen molar-refractivity contribution in [3.05, 3.63) is 35.4 Å². The molecule has 0 saturated carbocycles. The number of nitrogens with one attached hydrogen (secondary N) is 2. The van der Waals surface area contributed by atoms with Gasteiger partial charge in [0.1, 0.15) is 0 Å². The van der Waals surface area contributed by atoms with E-state index in [4.69, 9.17) is 4.74 Å². The van der Waals surface area contributed by atoms with E-state index in [9.17, 15) is 4.79 Å². The Morgan fingerprint density at radius 3 is 2.59 bits per heavy atom. The molecular formula is C20H33Cl2N3O2. The number of hydrogen-bond donors (Lipinski definition) is 2. The van der Waals surface area contributed by atoms with Crippen LogP contribution in [0.3, 0.4) is 0 Å². The summed E-state index contributed by atoms with van der Waals surface area (Å²) in [6, 6.07) is 9.01. The van der Waals surface area contributed by atoms with E-state index in [2.05, 4.69) is 46.7 Å². The number of fused-ring (bicyclic) bond motifs is 1. The highest BCUT2D eigenvalue weighted by Crippen LogP contribution is 2.29. The summed E-state index contributed by atoms with van der Waals surface area (Å²) in [5.41, 5.74) is 2.51. The van der Waals surface area contributed by atoms with Gasteiger partial charge in [-0.1, -0.05) is 24.3 Å². The molecule has 1 fully saturated rings. The minimum Gasteiger partial charge on any atom is -0.384 e. The molecule has 2 aliphatic heterocycles. The predicted molar refractivity (Wildman–Crippen MR) is 114 cm³/mol. The number of carbonyl (C=O) groups excluding carboxylic acids is 1. The van der Waals surface area contributed by atoms with Gasteiger partial charge in [0.15, 0.2) is 0 Å². The van der Waals surface area contributed by atoms with Gasteiger partial charge < -0.3 is 15.4 Å². The summed E-state index contributed by atoms with van der Waals surface area (Å²) in [6.07, 6.45) is 2.78. The molecule has 5 nitrogen and oxygen atoms in total. The highest BCUT2D eigenvalue weighted by Gasteiger charge is 2.39. The van der Waals surface area contributed by atoms with E-state index in [1.165, 1.54) is 11.1 Å². The highest BCUT2D eigenvalue weighted by molar-refractivity contribution is 5.85. The molecule has 2 heterocycles. The molecule has 1 amide bonds. The maximum absolute atomic E-state index is 12.9. The Bertz CT molecular complexity index is 589. The average molecular weight is 418 g/mol. The van der Waals surface area contributed by atoms with Gasteiger partial charge in [0.2, 0.25) is 5.91 Å². The van der Waals surface area contributed by atoms with Crippen molar-refractivity contribution in [2.75, 3.05) is 39.9 Å². The van der Waals surface area contributed by atoms with E-state index in [1.54, 1.807) is 7.11 Å². The first kappa shape index (κ1) is 24.2. The van der Waals surface area contributed by atoms with Gasteiger partial charge in [0.05, 0.1) is 12.0 Å². The smallest absolute Gasteiger partial charge is 0.228 e. The third kappa shape index (κ3) is 5.81. The first-order chi connectivity index (χ1) is 12.1. The Labute approximate surface area is 175 Å². The predicted octanol–water partition coefficient (Wildman–Crippen LogP) is 2.41. The van der Waals surface area contributed by atoms with Crippen LogP contribution in [0.1, 0.15) is 30.9 Å². The van der Waals surface area contributed by atoms with Crippen LogP contribution in [0, 0.1) is 5.41 Å². The number of amides is 1. The Balaban J connectivity index is 0.00000182. The van der Waals surface area contributed by atoms with Crippen LogP contribution in [0.2, 0.25) is 0 Å². The van der Waals surface area contributed by atoms with Gasteiger partial charge in [-0.25, -0.2) is 0 Å². The Morgan fingerprint density at radius 1 is 1.26 bits per heavy atom. The molecule has 1 unspecified atom stereocenters. The lowest BCUT2D eigenvalue weighted by Gasteiger charge is -2.37. The molecule has 2 aliphatic rings. The second-order valence-corrected chi connectivity index (χ2v) is 7.51. The molecule has 1 saturated heterocycles. The van der Waals surface area contributed by atoms with E-state index >= 15 is 0 Å². The minimum atomic E-state index is -0.367. The molecule has 1 atom stereocenters. The molecule has 7 heteroatoms. The summed E-state index contributed by atoms with van der Waals surface area (Å²) < 4.78 is 5.37. The molecule has 2 N–H and O–H groups in total. The van der Waals surface area contributed by atoms with Crippen molar-refractivity contribution in [1.82, 2.24) is 15.5 Å². The van der Waals surface area contributed by atoms with Crippen molar-refractivity contribution < 1.29 is 9.53 Å². The molecule has 3 rings (SSSR count). The van der Waals surface area contributed by atoms with Gasteiger partial charge in [-0.3, -0.25) is 9.69 Å². The van der Waals surface area contributed by atoms with Crippen LogP contribution in [-0.2, 0) is 22.5 Å². The number of nitrogens with zero attached hydrogens (tertiary/aromatic N) is 1. The second-order valence-electron chi connectivity index (χ2n) is 7.51. The molecule has 27 heavy (non-hydrogen) atoms. The molecular weight excluding hydrogens is 385 g/mol. The van der Waals surface area contributed by atoms with Gasteiger partial charge in [0.25, 0.3) is 0 Å². The first-order valence-electron chi connectivity index (χ1n) is 9.43. The topological polar surface area (TPSA) is 53.6 Å². The maximum atomic E-state index is 12.9. The van der Waals surface area contributed by atoms with Crippen molar-refractivity contribution in [1.29, 1.82) is 0 Å². The van der Waals surface area contributed by atoms with Gasteiger partial charge >= 0.3 is 0 Å². The number of halogens is 2. The quantitative estimate of drug-likeness (QED) is 0.745. The molecule has 0 aliphatic carbocycles. The van der Waals surface area contributed by atoms with E-state index in [0.717, 1.165) is 45.4 Å². The Kier molecular flexibility index (Phi) is 10.1. The monoisotopic (exact) mass is 417 g/mol. The number of carbonyl (C=O) groups is 1. The van der Waals surface area contributed by atoms with Crippen molar-refractivity contribution in [3.8, 4) is 0 Å². The van der Waals surface area contributed by atoms with Gasteiger partial charge in [-0.05, 0) is 50.4 Å². The molecule has 0 radical (unpaired) electrons. The van der Waals surface area contributed by atoms with Gasteiger partial charge in [0, 0.05) is 32.8 Å². The fourth-order valence-electron chi connectivity index (χ4n) is 4.07. The first-order valence-corrected chi connectivity index (χ1v) is 9.43. The number of benzene rings is 1. The summed E-state index contributed by atoms with van der Waals surface area (Å²) in [5, 5.41) is 6.55. The van der Waals surface area contributed by atoms with Crippen molar-refractivity contribution in [2.45, 2.75) is 38.8 Å². The number of hydrogen-bond acceptors (Lipinski definition) is 4. The maximum Gasteiger partial charge on any atom is 0.228 e. The Morgan fingerprint density at radius 2 is 1.93 bits per heavy atom. The third-order valence-electron chi connectivity index (χ3n) is 5.80. The van der Waals surface area contributed by atoms with Crippen LogP contribution in [0.5, 0.6) is 0 Å². The highest BCUT2D eigenvalue weighted by atomic mass is 35.5. The van der Waals surface area contributed by atoms with Crippen molar-refractivity contribution >= 4 is 30.7 Å². The fraction of sp³-hybridized carbons (Fsp3) is 0.650. The minimum absolute atomic E-state index is 0. The van der Waals surface area contributed by atoms with Crippen LogP contribution in [0.25, 0.3) is 0 Å². The van der Waals surface area contributed by atoms with Crippen LogP contribution in [0.15, 0.2) is 24.3 Å². The number of methoxy groups -OCH3 is 1. The number of ether oxygens (including phenoxy) is 1. The standard InChI is InChI=1S/C20H31N3O2.2ClH/c1-16(23-12-7-17-5-3-4-6-18(17)14-23)13-22-19(24)20(15-25-2)8-10-21-11-9-20;;/h3-6,16,21H,7-15H2,1-2H3,(H,22,24);2*1H. The second kappa shape index (κ2) is 11.2. The molecule has 1 aromatic carbocycles. The molecule has 1 aromatic rings. The lowest BCUT2D eigenvalue weighted by atomic mass is 9.78. The van der Waals surface area contributed by atoms with Crippen LogP contribution >= 0.6 is 24.8 Å². The van der Waals surface area contributed by atoms with Crippen LogP contribution in [0.4, 0.5) is 0 Å². The fourth-order valence-corrected chi connectivity index (χ4v) is 4.07. The lowest BCUT2D eigenvalue weighted by Crippen LogP contribution is -2.52. The molecule has 154 valence electrons. The van der Waals surface area contributed by atoms with E-state index in [1.807, 2.05) is 0 Å².